The lowest BCUT2D eigenvalue weighted by molar-refractivity contribution is -0.300. The van der Waals surface area contributed by atoms with Crippen LogP contribution in [0.5, 0.6) is 11.5 Å². The summed E-state index contributed by atoms with van der Waals surface area (Å²) in [5, 5.41) is 26.7. The van der Waals surface area contributed by atoms with Gasteiger partial charge in [-0.3, -0.25) is 10.1 Å². The number of benzene rings is 1. The van der Waals surface area contributed by atoms with Gasteiger partial charge in [-0.05, 0) is 61.1 Å². The molecule has 2 saturated heterocycles. The first-order valence-electron chi connectivity index (χ1n) is 19.4. The number of hydrogen-bond donors (Lipinski definition) is 3. The highest BCUT2D eigenvalue weighted by Crippen LogP contribution is 2.48. The standard InChI is InChI=1S/C43H57NO11/c1-9-24(2)37-27(5)17-18-42(55-37)22-32-21-31(54-42)15-13-26(4)36(45)25(3)11-10-12-29-23-51-39-38(28(6)19-33(40(46)52-32)43(29,39)48)53-41(47)44-30-14-16-34(49-7)35(20-30)50-8/h10-14,16-20,24-25,27,31-33,36-39,45,48H,9,15,21-23H2,1-8H3,(H,44,47)/b11-10+,26-13+,29-12+/t24-,25-,27-,31+,32-,33-,36-,37+,38+,39+,42+,43+/m0/s1. The molecule has 5 aliphatic rings. The van der Waals surface area contributed by atoms with Crippen LogP contribution in [0.15, 0.2) is 77.5 Å². The van der Waals surface area contributed by atoms with Gasteiger partial charge in [0.1, 0.15) is 23.7 Å². The van der Waals surface area contributed by atoms with E-state index >= 15 is 0 Å². The van der Waals surface area contributed by atoms with Crippen LogP contribution in [0.1, 0.15) is 67.2 Å². The van der Waals surface area contributed by atoms with Gasteiger partial charge >= 0.3 is 12.1 Å². The van der Waals surface area contributed by atoms with Crippen molar-refractivity contribution in [2.45, 2.75) is 115 Å². The Morgan fingerprint density at radius 1 is 1.05 bits per heavy atom. The topological polar surface area (TPSA) is 151 Å². The lowest BCUT2D eigenvalue weighted by Gasteiger charge is -2.48. The Balaban J connectivity index is 1.34. The van der Waals surface area contributed by atoms with Crippen LogP contribution in [0, 0.1) is 23.7 Å². The predicted octanol–water partition coefficient (Wildman–Crippen LogP) is 6.58. The minimum atomic E-state index is -1.93. The molecule has 12 heteroatoms. The van der Waals surface area contributed by atoms with E-state index < -0.39 is 53.8 Å². The molecule has 55 heavy (non-hydrogen) atoms. The van der Waals surface area contributed by atoms with E-state index in [1.165, 1.54) is 14.2 Å². The number of anilines is 1. The molecule has 12 atom stereocenters. The summed E-state index contributed by atoms with van der Waals surface area (Å²) >= 11 is 0. The summed E-state index contributed by atoms with van der Waals surface area (Å²) in [6.07, 6.45) is 10.3. The first-order chi connectivity index (χ1) is 26.2. The highest BCUT2D eigenvalue weighted by molar-refractivity contribution is 5.86. The molecule has 0 aromatic heterocycles. The second kappa shape index (κ2) is 16.7. The van der Waals surface area contributed by atoms with Crippen LogP contribution in [0.25, 0.3) is 0 Å². The molecule has 12 nitrogen and oxygen atoms in total. The number of carbonyl (C=O) groups excluding carboxylic acids is 2. The van der Waals surface area contributed by atoms with Gasteiger partial charge in [-0.25, -0.2) is 4.79 Å². The van der Waals surface area contributed by atoms with E-state index in [2.05, 4.69) is 32.2 Å². The van der Waals surface area contributed by atoms with Crippen molar-refractivity contribution in [3.8, 4) is 11.5 Å². The van der Waals surface area contributed by atoms with Crippen molar-refractivity contribution >= 4 is 17.7 Å². The zero-order valence-corrected chi connectivity index (χ0v) is 33.2. The third kappa shape index (κ3) is 8.30. The maximum atomic E-state index is 14.5. The average Bonchev–Trinajstić information content (AvgIpc) is 3.50. The summed E-state index contributed by atoms with van der Waals surface area (Å²) in [5.41, 5.74) is 0.207. The largest absolute Gasteiger partial charge is 0.493 e. The number of fused-ring (bicyclic) bond motifs is 2. The SMILES string of the molecule is CC[C@H](C)[C@H]1O[C@]2(C=C[C@@H]1C)C[C@@H]1C[C@@H](C/C=C(\C)[C@@H](O)[C@@H](C)/C=C/C=C3\CO[C@@H]4[C@H](OC(=O)Nc5ccc(OC)c(OC)c5)C(C)=C[C@@H](C(=O)O1)[C@]34O)O2. The zero-order chi connectivity index (χ0) is 39.7. The van der Waals surface area contributed by atoms with Gasteiger partial charge in [-0.15, -0.1) is 0 Å². The first-order valence-corrected chi connectivity index (χ1v) is 19.4. The lowest BCUT2D eigenvalue weighted by atomic mass is 9.70. The van der Waals surface area contributed by atoms with Crippen LogP contribution in [0.3, 0.4) is 0 Å². The Hall–Kier alpha value is -3.94. The van der Waals surface area contributed by atoms with Gasteiger partial charge in [0.15, 0.2) is 23.4 Å². The number of aliphatic hydroxyl groups is 2. The molecular weight excluding hydrogens is 706 g/mol. The molecule has 1 spiro atoms. The lowest BCUT2D eigenvalue weighted by Crippen LogP contribution is -2.59. The molecule has 2 fully saturated rings. The van der Waals surface area contributed by atoms with E-state index in [0.29, 0.717) is 41.2 Å². The molecular formula is C43H57NO11. The van der Waals surface area contributed by atoms with Crippen molar-refractivity contribution in [1.29, 1.82) is 0 Å². The minimum Gasteiger partial charge on any atom is -0.493 e. The maximum Gasteiger partial charge on any atom is 0.412 e. The Kier molecular flexibility index (Phi) is 12.3. The Morgan fingerprint density at radius 2 is 1.82 bits per heavy atom. The second-order valence-corrected chi connectivity index (χ2v) is 15.8. The van der Waals surface area contributed by atoms with Gasteiger partial charge in [0.2, 0.25) is 0 Å². The maximum absolute atomic E-state index is 14.5. The summed E-state index contributed by atoms with van der Waals surface area (Å²) in [6, 6.07) is 4.90. The van der Waals surface area contributed by atoms with E-state index in [1.54, 1.807) is 43.4 Å². The third-order valence-electron chi connectivity index (χ3n) is 11.9. The van der Waals surface area contributed by atoms with Crippen molar-refractivity contribution in [2.24, 2.45) is 23.7 Å². The van der Waals surface area contributed by atoms with Gasteiger partial charge in [-0.1, -0.05) is 70.6 Å². The molecule has 0 saturated carbocycles. The number of amides is 1. The molecule has 4 aliphatic heterocycles. The molecule has 6 rings (SSSR count). The van der Waals surface area contributed by atoms with E-state index in [9.17, 15) is 19.8 Å². The van der Waals surface area contributed by atoms with E-state index in [4.69, 9.17) is 33.2 Å². The van der Waals surface area contributed by atoms with Crippen molar-refractivity contribution in [1.82, 2.24) is 0 Å². The summed E-state index contributed by atoms with van der Waals surface area (Å²) in [6.45, 7) is 11.9. The normalized spacial score (nSPS) is 39.3. The molecule has 300 valence electrons. The number of nitrogens with one attached hydrogen (secondary N) is 1. The van der Waals surface area contributed by atoms with Gasteiger partial charge in [0.25, 0.3) is 0 Å². The van der Waals surface area contributed by atoms with Gasteiger partial charge in [0, 0.05) is 36.4 Å². The number of ether oxygens (including phenoxy) is 7. The Labute approximate surface area is 324 Å². The smallest absolute Gasteiger partial charge is 0.412 e. The Morgan fingerprint density at radius 3 is 2.55 bits per heavy atom. The number of methoxy groups -OCH3 is 2. The van der Waals surface area contributed by atoms with Crippen molar-refractivity contribution in [3.05, 3.63) is 77.5 Å². The monoisotopic (exact) mass is 763 g/mol. The summed E-state index contributed by atoms with van der Waals surface area (Å²) in [4.78, 5) is 27.8. The van der Waals surface area contributed by atoms with Crippen LogP contribution in [-0.4, -0.2) is 91.1 Å². The van der Waals surface area contributed by atoms with Crippen molar-refractivity contribution in [2.75, 3.05) is 26.1 Å². The highest BCUT2D eigenvalue weighted by atomic mass is 16.7. The summed E-state index contributed by atoms with van der Waals surface area (Å²) < 4.78 is 42.7. The van der Waals surface area contributed by atoms with Gasteiger partial charge in [0.05, 0.1) is 39.1 Å². The second-order valence-electron chi connectivity index (χ2n) is 15.8. The predicted molar refractivity (Wildman–Crippen MR) is 205 cm³/mol. The average molecular weight is 764 g/mol. The molecule has 1 aromatic rings. The molecule has 1 amide bonds. The molecule has 4 heterocycles. The van der Waals surface area contributed by atoms with E-state index in [0.717, 1.165) is 12.0 Å². The highest BCUT2D eigenvalue weighted by Gasteiger charge is 2.61. The molecule has 1 aromatic carbocycles. The van der Waals surface area contributed by atoms with E-state index in [1.807, 2.05) is 32.1 Å². The van der Waals surface area contributed by atoms with Crippen LogP contribution >= 0.6 is 0 Å². The first kappa shape index (κ1) is 40.7. The fourth-order valence-corrected chi connectivity index (χ4v) is 8.47. The fraction of sp³-hybridized carbons (Fsp3) is 0.581. The number of hydrogen-bond acceptors (Lipinski definition) is 11. The number of carbonyl (C=O) groups is 2. The van der Waals surface area contributed by atoms with Crippen molar-refractivity contribution < 1.29 is 53.0 Å². The number of aliphatic hydroxyl groups excluding tert-OH is 1. The molecule has 2 bridgehead atoms. The quantitative estimate of drug-likeness (QED) is 0.213. The number of allylic oxidation sites excluding steroid dienone is 2. The molecule has 3 N–H and O–H groups in total. The zero-order valence-electron chi connectivity index (χ0n) is 33.2. The third-order valence-corrected chi connectivity index (χ3v) is 11.9. The van der Waals surface area contributed by atoms with Crippen molar-refractivity contribution in [3.63, 3.8) is 0 Å². The van der Waals surface area contributed by atoms with Crippen LogP contribution in [0.4, 0.5) is 10.5 Å². The van der Waals surface area contributed by atoms with E-state index in [-0.39, 0.29) is 43.0 Å². The number of rotatable bonds is 6. The van der Waals surface area contributed by atoms with Crippen LogP contribution < -0.4 is 14.8 Å². The fourth-order valence-electron chi connectivity index (χ4n) is 8.47. The minimum absolute atomic E-state index is 0.0281. The number of esters is 1. The molecule has 0 unspecified atom stereocenters. The van der Waals surface area contributed by atoms with Gasteiger partial charge < -0.3 is 43.4 Å². The molecule has 0 radical (unpaired) electrons. The Bertz CT molecular complexity index is 1750. The molecule has 1 aliphatic carbocycles. The van der Waals surface area contributed by atoms with Crippen LogP contribution in [0.2, 0.25) is 0 Å². The summed E-state index contributed by atoms with van der Waals surface area (Å²) in [5.74, 6) is -1.84. The van der Waals surface area contributed by atoms with Crippen LogP contribution in [-0.2, 0) is 28.5 Å². The summed E-state index contributed by atoms with van der Waals surface area (Å²) in [7, 11) is 3.01. The van der Waals surface area contributed by atoms with Gasteiger partial charge in [-0.2, -0.15) is 0 Å².